The van der Waals surface area contributed by atoms with E-state index in [4.69, 9.17) is 10.5 Å². The van der Waals surface area contributed by atoms with Crippen LogP contribution in [0.25, 0.3) is 11.3 Å². The number of hydrogen-bond donors (Lipinski definition) is 0. The first-order valence-corrected chi connectivity index (χ1v) is 4.94. The molecule has 0 unspecified atom stereocenters. The second-order valence-electron chi connectivity index (χ2n) is 3.44. The second kappa shape index (κ2) is 4.78. The van der Waals surface area contributed by atoms with Crippen LogP contribution in [0.1, 0.15) is 5.69 Å². The van der Waals surface area contributed by atoms with Crippen LogP contribution in [0, 0.1) is 40.1 Å². The molecule has 0 aliphatic rings. The molecule has 1 aromatic heterocycles. The summed E-state index contributed by atoms with van der Waals surface area (Å²) >= 11 is 0. The van der Waals surface area contributed by atoms with Gasteiger partial charge in [-0.25, -0.2) is 17.9 Å². The second-order valence-corrected chi connectivity index (χ2v) is 3.44. The van der Waals surface area contributed by atoms with Crippen LogP contribution in [0.2, 0.25) is 0 Å². The van der Waals surface area contributed by atoms with Crippen molar-refractivity contribution in [3.63, 3.8) is 0 Å². The minimum atomic E-state index is -1.66. The lowest BCUT2D eigenvalue weighted by atomic mass is 10.1. The Kier molecular flexibility index (Phi) is 3.17. The average Bonchev–Trinajstić information content (AvgIpc) is 2.80. The van der Waals surface area contributed by atoms with E-state index in [1.807, 2.05) is 0 Å². The molecule has 19 heavy (non-hydrogen) atoms. The van der Waals surface area contributed by atoms with Crippen molar-refractivity contribution in [3.8, 4) is 23.4 Å². The van der Waals surface area contributed by atoms with Crippen LogP contribution in [-0.2, 0) is 6.54 Å². The SMILES string of the molecule is N#CCn1nnc(C#N)c1-c1ccc(F)c(F)c1F. The summed E-state index contributed by atoms with van der Waals surface area (Å²) in [5.74, 6) is -4.47. The Labute approximate surface area is 105 Å². The maximum absolute atomic E-state index is 13.7. The molecular weight excluding hydrogens is 259 g/mol. The first kappa shape index (κ1) is 12.6. The molecule has 0 bridgehead atoms. The van der Waals surface area contributed by atoms with Gasteiger partial charge in [-0.2, -0.15) is 10.5 Å². The van der Waals surface area contributed by atoms with E-state index in [1.54, 1.807) is 12.1 Å². The van der Waals surface area contributed by atoms with E-state index in [9.17, 15) is 13.2 Å². The van der Waals surface area contributed by atoms with Gasteiger partial charge in [0, 0.05) is 5.56 Å². The lowest BCUT2D eigenvalue weighted by Gasteiger charge is -2.05. The van der Waals surface area contributed by atoms with E-state index < -0.39 is 17.5 Å². The van der Waals surface area contributed by atoms with Crippen LogP contribution in [0.4, 0.5) is 13.2 Å². The van der Waals surface area contributed by atoms with Crippen molar-refractivity contribution in [2.75, 3.05) is 0 Å². The summed E-state index contributed by atoms with van der Waals surface area (Å²) in [6.45, 7) is -0.303. The van der Waals surface area contributed by atoms with Gasteiger partial charge in [-0.05, 0) is 12.1 Å². The first-order valence-electron chi connectivity index (χ1n) is 4.94. The highest BCUT2D eigenvalue weighted by molar-refractivity contribution is 5.65. The van der Waals surface area contributed by atoms with Crippen molar-refractivity contribution in [2.45, 2.75) is 6.54 Å². The summed E-state index contributed by atoms with van der Waals surface area (Å²) in [4.78, 5) is 0. The van der Waals surface area contributed by atoms with E-state index in [2.05, 4.69) is 10.3 Å². The number of aromatic nitrogens is 3. The van der Waals surface area contributed by atoms with Crippen LogP contribution in [0.3, 0.4) is 0 Å². The van der Waals surface area contributed by atoms with E-state index >= 15 is 0 Å². The molecule has 0 saturated carbocycles. The molecule has 8 heteroatoms. The molecule has 0 spiro atoms. The normalized spacial score (nSPS) is 9.95. The van der Waals surface area contributed by atoms with E-state index in [0.29, 0.717) is 0 Å². The number of nitrogens with zero attached hydrogens (tertiary/aromatic N) is 5. The Balaban J connectivity index is 2.72. The van der Waals surface area contributed by atoms with Crippen molar-refractivity contribution in [2.24, 2.45) is 0 Å². The molecule has 0 saturated heterocycles. The summed E-state index contributed by atoms with van der Waals surface area (Å²) in [6, 6.07) is 5.07. The highest BCUT2D eigenvalue weighted by atomic mass is 19.2. The van der Waals surface area contributed by atoms with Gasteiger partial charge in [0.15, 0.2) is 23.1 Å². The molecule has 2 rings (SSSR count). The van der Waals surface area contributed by atoms with Gasteiger partial charge in [0.25, 0.3) is 0 Å². The Morgan fingerprint density at radius 2 is 1.89 bits per heavy atom. The van der Waals surface area contributed by atoms with Crippen molar-refractivity contribution in [3.05, 3.63) is 35.3 Å². The van der Waals surface area contributed by atoms with Gasteiger partial charge in [0.1, 0.15) is 18.3 Å². The number of benzene rings is 1. The van der Waals surface area contributed by atoms with E-state index in [0.717, 1.165) is 16.8 Å². The average molecular weight is 263 g/mol. The minimum absolute atomic E-state index is 0.166. The largest absolute Gasteiger partial charge is 0.229 e. The fourth-order valence-electron chi connectivity index (χ4n) is 1.54. The van der Waals surface area contributed by atoms with Gasteiger partial charge in [0.2, 0.25) is 0 Å². The summed E-state index contributed by atoms with van der Waals surface area (Å²) < 4.78 is 40.7. The van der Waals surface area contributed by atoms with Gasteiger partial charge in [0.05, 0.1) is 6.07 Å². The number of nitriles is 2. The summed E-state index contributed by atoms with van der Waals surface area (Å²) in [5.41, 5.74) is -0.823. The predicted molar refractivity (Wildman–Crippen MR) is 55.7 cm³/mol. The monoisotopic (exact) mass is 263 g/mol. The van der Waals surface area contributed by atoms with E-state index in [-0.39, 0.29) is 23.5 Å². The number of hydrogen-bond acceptors (Lipinski definition) is 4. The standard InChI is InChI=1S/C11H4F3N5/c12-7-2-1-6(9(13)10(7)14)11-8(5-16)17-18-19(11)4-3-15/h1-2H,4H2. The Morgan fingerprint density at radius 1 is 1.16 bits per heavy atom. The third-order valence-electron chi connectivity index (χ3n) is 2.35. The Morgan fingerprint density at radius 3 is 2.53 bits per heavy atom. The molecule has 1 heterocycles. The Hall–Kier alpha value is -2.87. The number of halogens is 3. The van der Waals surface area contributed by atoms with Crippen LogP contribution in [-0.4, -0.2) is 15.0 Å². The lowest BCUT2D eigenvalue weighted by Crippen LogP contribution is -2.04. The van der Waals surface area contributed by atoms with Gasteiger partial charge in [-0.3, -0.25) is 0 Å². The predicted octanol–water partition coefficient (Wildman–Crippen LogP) is 1.76. The first-order chi connectivity index (χ1) is 9.10. The molecule has 0 aliphatic heterocycles. The summed E-state index contributed by atoms with van der Waals surface area (Å²) in [5, 5.41) is 24.4. The van der Waals surface area contributed by atoms with Crippen molar-refractivity contribution < 1.29 is 13.2 Å². The molecule has 2 aromatic rings. The molecule has 0 radical (unpaired) electrons. The molecule has 5 nitrogen and oxygen atoms in total. The zero-order valence-electron chi connectivity index (χ0n) is 9.23. The zero-order valence-corrected chi connectivity index (χ0v) is 9.23. The van der Waals surface area contributed by atoms with Crippen molar-refractivity contribution in [1.29, 1.82) is 10.5 Å². The maximum Gasteiger partial charge on any atom is 0.195 e. The molecule has 0 N–H and O–H groups in total. The van der Waals surface area contributed by atoms with Crippen LogP contribution < -0.4 is 0 Å². The molecule has 0 fully saturated rings. The minimum Gasteiger partial charge on any atom is -0.229 e. The third-order valence-corrected chi connectivity index (χ3v) is 2.35. The topological polar surface area (TPSA) is 78.3 Å². The molecule has 0 atom stereocenters. The van der Waals surface area contributed by atoms with Crippen molar-refractivity contribution in [1.82, 2.24) is 15.0 Å². The smallest absolute Gasteiger partial charge is 0.195 e. The maximum atomic E-state index is 13.7. The quantitative estimate of drug-likeness (QED) is 0.773. The van der Waals surface area contributed by atoms with Crippen molar-refractivity contribution >= 4 is 0 Å². The molecular formula is C11H4F3N5. The van der Waals surface area contributed by atoms with Crippen LogP contribution >= 0.6 is 0 Å². The molecule has 1 aromatic carbocycles. The highest BCUT2D eigenvalue weighted by Gasteiger charge is 2.22. The van der Waals surface area contributed by atoms with E-state index in [1.165, 1.54) is 0 Å². The molecule has 0 aliphatic carbocycles. The fourth-order valence-corrected chi connectivity index (χ4v) is 1.54. The van der Waals surface area contributed by atoms with Gasteiger partial charge < -0.3 is 0 Å². The lowest BCUT2D eigenvalue weighted by molar-refractivity contribution is 0.448. The van der Waals surface area contributed by atoms with Gasteiger partial charge in [-0.15, -0.1) is 5.10 Å². The Bertz CT molecular complexity index is 723. The number of rotatable bonds is 2. The highest BCUT2D eigenvalue weighted by Crippen LogP contribution is 2.27. The third kappa shape index (κ3) is 2.00. The zero-order chi connectivity index (χ0) is 14.0. The van der Waals surface area contributed by atoms with Gasteiger partial charge in [-0.1, -0.05) is 5.21 Å². The fraction of sp³-hybridized carbons (Fsp3) is 0.0909. The summed E-state index contributed by atoms with van der Waals surface area (Å²) in [7, 11) is 0. The van der Waals surface area contributed by atoms with Gasteiger partial charge >= 0.3 is 0 Å². The molecule has 94 valence electrons. The molecule has 0 amide bonds. The summed E-state index contributed by atoms with van der Waals surface area (Å²) in [6.07, 6.45) is 0. The van der Waals surface area contributed by atoms with Crippen LogP contribution in [0.15, 0.2) is 12.1 Å². The van der Waals surface area contributed by atoms with Crippen LogP contribution in [0.5, 0.6) is 0 Å².